The Bertz CT molecular complexity index is 651. The normalized spacial score (nSPS) is 16.2. The van der Waals surface area contributed by atoms with E-state index >= 15 is 0 Å². The molecule has 25 heavy (non-hydrogen) atoms. The van der Waals surface area contributed by atoms with Crippen molar-refractivity contribution in [3.63, 3.8) is 0 Å². The highest BCUT2D eigenvalue weighted by atomic mass is 19.4. The van der Waals surface area contributed by atoms with E-state index in [0.717, 1.165) is 6.07 Å². The summed E-state index contributed by atoms with van der Waals surface area (Å²) in [4.78, 5) is 27.3. The van der Waals surface area contributed by atoms with Gasteiger partial charge in [0.1, 0.15) is 0 Å². The highest BCUT2D eigenvalue weighted by Crippen LogP contribution is 2.34. The molecule has 1 fully saturated rings. The number of piperazine rings is 1. The van der Waals surface area contributed by atoms with Crippen molar-refractivity contribution >= 4 is 17.5 Å². The standard InChI is InChI=1S/C17H20F3N3O2/c1-2-5-16(25)23-10-8-22(9-11-23)12-15(24)21-14-7-4-3-6-13(14)17(18,19)20/h2-7H,8-12H2,1H3,(H,21,24)/b5-2+. The lowest BCUT2D eigenvalue weighted by Crippen LogP contribution is -2.50. The number of carbonyl (C=O) groups is 2. The molecule has 1 aliphatic rings. The Morgan fingerprint density at radius 3 is 2.40 bits per heavy atom. The molecule has 0 saturated carbocycles. The number of hydrogen-bond donors (Lipinski definition) is 1. The fourth-order valence-electron chi connectivity index (χ4n) is 2.61. The molecule has 0 aliphatic carbocycles. The fraction of sp³-hybridized carbons (Fsp3) is 0.412. The highest BCUT2D eigenvalue weighted by molar-refractivity contribution is 5.93. The topological polar surface area (TPSA) is 52.7 Å². The Kier molecular flexibility index (Phi) is 6.19. The Hall–Kier alpha value is -2.35. The molecule has 1 heterocycles. The zero-order chi connectivity index (χ0) is 18.4. The number of benzene rings is 1. The fourth-order valence-corrected chi connectivity index (χ4v) is 2.61. The van der Waals surface area contributed by atoms with Gasteiger partial charge in [-0.3, -0.25) is 14.5 Å². The number of para-hydroxylation sites is 1. The number of halogens is 3. The Morgan fingerprint density at radius 2 is 1.80 bits per heavy atom. The first kappa shape index (κ1) is 19.0. The lowest BCUT2D eigenvalue weighted by atomic mass is 10.1. The number of alkyl halides is 3. The van der Waals surface area contributed by atoms with Crippen LogP contribution in [0.25, 0.3) is 0 Å². The number of carbonyl (C=O) groups excluding carboxylic acids is 2. The zero-order valence-electron chi connectivity index (χ0n) is 13.8. The summed E-state index contributed by atoms with van der Waals surface area (Å²) >= 11 is 0. The predicted molar refractivity (Wildman–Crippen MR) is 87.9 cm³/mol. The van der Waals surface area contributed by atoms with Gasteiger partial charge < -0.3 is 10.2 Å². The van der Waals surface area contributed by atoms with E-state index in [1.807, 2.05) is 4.90 Å². The smallest absolute Gasteiger partial charge is 0.337 e. The van der Waals surface area contributed by atoms with Crippen molar-refractivity contribution in [2.75, 3.05) is 38.0 Å². The highest BCUT2D eigenvalue weighted by Gasteiger charge is 2.33. The van der Waals surface area contributed by atoms with E-state index in [-0.39, 0.29) is 18.1 Å². The average molecular weight is 355 g/mol. The largest absolute Gasteiger partial charge is 0.418 e. The van der Waals surface area contributed by atoms with Crippen LogP contribution in [-0.2, 0) is 15.8 Å². The van der Waals surface area contributed by atoms with Gasteiger partial charge >= 0.3 is 6.18 Å². The van der Waals surface area contributed by atoms with E-state index in [4.69, 9.17) is 0 Å². The molecule has 1 N–H and O–H groups in total. The minimum absolute atomic E-state index is 0.0160. The quantitative estimate of drug-likeness (QED) is 0.844. The van der Waals surface area contributed by atoms with Crippen molar-refractivity contribution in [3.8, 4) is 0 Å². The van der Waals surface area contributed by atoms with E-state index in [2.05, 4.69) is 5.32 Å². The molecule has 2 rings (SSSR count). The summed E-state index contributed by atoms with van der Waals surface area (Å²) in [6.45, 7) is 3.70. The van der Waals surface area contributed by atoms with Gasteiger partial charge in [0.15, 0.2) is 0 Å². The molecular weight excluding hydrogens is 335 g/mol. The van der Waals surface area contributed by atoms with E-state index in [0.29, 0.717) is 26.2 Å². The summed E-state index contributed by atoms with van der Waals surface area (Å²) in [6, 6.07) is 4.88. The van der Waals surface area contributed by atoms with Gasteiger partial charge in [-0.1, -0.05) is 18.2 Å². The summed E-state index contributed by atoms with van der Waals surface area (Å²) in [5, 5.41) is 2.33. The molecule has 1 aromatic rings. The van der Waals surface area contributed by atoms with Gasteiger partial charge in [0.2, 0.25) is 11.8 Å². The van der Waals surface area contributed by atoms with Gasteiger partial charge in [-0.05, 0) is 25.1 Å². The van der Waals surface area contributed by atoms with Gasteiger partial charge in [0.25, 0.3) is 0 Å². The molecule has 5 nitrogen and oxygen atoms in total. The Labute approximate surface area is 144 Å². The molecule has 0 atom stereocenters. The number of nitrogens with zero attached hydrogens (tertiary/aromatic N) is 2. The van der Waals surface area contributed by atoms with Crippen LogP contribution in [0.2, 0.25) is 0 Å². The maximum Gasteiger partial charge on any atom is 0.418 e. The van der Waals surface area contributed by atoms with Gasteiger partial charge in [-0.2, -0.15) is 13.2 Å². The van der Waals surface area contributed by atoms with Crippen molar-refractivity contribution in [2.45, 2.75) is 13.1 Å². The third-order valence-electron chi connectivity index (χ3n) is 3.87. The van der Waals surface area contributed by atoms with Crippen LogP contribution < -0.4 is 5.32 Å². The minimum atomic E-state index is -4.53. The molecule has 8 heteroatoms. The van der Waals surface area contributed by atoms with E-state index < -0.39 is 17.6 Å². The first-order valence-corrected chi connectivity index (χ1v) is 7.91. The predicted octanol–water partition coefficient (Wildman–Crippen LogP) is 2.36. The summed E-state index contributed by atoms with van der Waals surface area (Å²) in [7, 11) is 0. The van der Waals surface area contributed by atoms with Gasteiger partial charge in [-0.15, -0.1) is 0 Å². The van der Waals surface area contributed by atoms with Crippen molar-refractivity contribution < 1.29 is 22.8 Å². The number of rotatable bonds is 4. The van der Waals surface area contributed by atoms with E-state index in [9.17, 15) is 22.8 Å². The monoisotopic (exact) mass is 355 g/mol. The van der Waals surface area contributed by atoms with Crippen LogP contribution in [0.4, 0.5) is 18.9 Å². The van der Waals surface area contributed by atoms with Crippen LogP contribution in [0.1, 0.15) is 12.5 Å². The van der Waals surface area contributed by atoms with Crippen LogP contribution in [0, 0.1) is 0 Å². The number of nitrogens with one attached hydrogen (secondary N) is 1. The Morgan fingerprint density at radius 1 is 1.16 bits per heavy atom. The molecule has 1 aromatic carbocycles. The molecule has 136 valence electrons. The second-order valence-corrected chi connectivity index (χ2v) is 5.69. The van der Waals surface area contributed by atoms with Crippen molar-refractivity contribution in [1.82, 2.24) is 9.80 Å². The summed E-state index contributed by atoms with van der Waals surface area (Å²) in [6.07, 6.45) is -1.38. The van der Waals surface area contributed by atoms with E-state index in [1.165, 1.54) is 24.3 Å². The molecule has 0 unspecified atom stereocenters. The average Bonchev–Trinajstić information content (AvgIpc) is 2.55. The van der Waals surface area contributed by atoms with Gasteiger partial charge in [0, 0.05) is 26.2 Å². The summed E-state index contributed by atoms with van der Waals surface area (Å²) in [5.74, 6) is -0.587. The molecule has 0 aromatic heterocycles. The maximum absolute atomic E-state index is 12.9. The Balaban J connectivity index is 1.89. The van der Waals surface area contributed by atoms with Crippen molar-refractivity contribution in [3.05, 3.63) is 42.0 Å². The third-order valence-corrected chi connectivity index (χ3v) is 3.87. The van der Waals surface area contributed by atoms with Crippen LogP contribution in [0.3, 0.4) is 0 Å². The van der Waals surface area contributed by atoms with Crippen LogP contribution in [0.15, 0.2) is 36.4 Å². The van der Waals surface area contributed by atoms with Crippen LogP contribution in [0.5, 0.6) is 0 Å². The molecule has 1 aliphatic heterocycles. The number of anilines is 1. The maximum atomic E-state index is 12.9. The third kappa shape index (κ3) is 5.32. The minimum Gasteiger partial charge on any atom is -0.337 e. The summed E-state index contributed by atoms with van der Waals surface area (Å²) in [5.41, 5.74) is -1.12. The van der Waals surface area contributed by atoms with Gasteiger partial charge in [-0.25, -0.2) is 0 Å². The summed E-state index contributed by atoms with van der Waals surface area (Å²) < 4.78 is 38.8. The first-order chi connectivity index (χ1) is 11.8. The zero-order valence-corrected chi connectivity index (χ0v) is 13.8. The number of allylic oxidation sites excluding steroid dienone is 1. The van der Waals surface area contributed by atoms with Crippen LogP contribution in [-0.4, -0.2) is 54.3 Å². The number of hydrogen-bond acceptors (Lipinski definition) is 3. The molecule has 2 amide bonds. The van der Waals surface area contributed by atoms with Crippen molar-refractivity contribution in [1.29, 1.82) is 0 Å². The van der Waals surface area contributed by atoms with Crippen LogP contribution >= 0.6 is 0 Å². The molecular formula is C17H20F3N3O2. The molecule has 0 radical (unpaired) electrons. The molecule has 1 saturated heterocycles. The second-order valence-electron chi connectivity index (χ2n) is 5.69. The second kappa shape index (κ2) is 8.15. The molecule has 0 spiro atoms. The lowest BCUT2D eigenvalue weighted by molar-refractivity contribution is -0.137. The van der Waals surface area contributed by atoms with Gasteiger partial charge in [0.05, 0.1) is 17.8 Å². The lowest BCUT2D eigenvalue weighted by Gasteiger charge is -2.33. The molecule has 0 bridgehead atoms. The van der Waals surface area contributed by atoms with E-state index in [1.54, 1.807) is 17.9 Å². The van der Waals surface area contributed by atoms with Crippen molar-refractivity contribution in [2.24, 2.45) is 0 Å². The first-order valence-electron chi connectivity index (χ1n) is 7.91. The number of amides is 2. The SMILES string of the molecule is C/C=C/C(=O)N1CCN(CC(=O)Nc2ccccc2C(F)(F)F)CC1.